The highest BCUT2D eigenvalue weighted by atomic mass is 16.5. The quantitative estimate of drug-likeness (QED) is 0.908. The third kappa shape index (κ3) is 4.16. The number of anilines is 1. The molecule has 1 heterocycles. The lowest BCUT2D eigenvalue weighted by atomic mass is 10.2. The van der Waals surface area contributed by atoms with Crippen LogP contribution in [0.3, 0.4) is 0 Å². The fraction of sp³-hybridized carbons (Fsp3) is 0.533. The lowest BCUT2D eigenvalue weighted by Crippen LogP contribution is -2.38. The molecule has 0 unspecified atom stereocenters. The van der Waals surface area contributed by atoms with Gasteiger partial charge in [-0.1, -0.05) is 0 Å². The number of amides is 1. The zero-order chi connectivity index (χ0) is 13.7. The molecule has 0 aliphatic carbocycles. The Hall–Kier alpha value is -1.71. The average Bonchev–Trinajstić information content (AvgIpc) is 2.34. The second kappa shape index (κ2) is 6.45. The predicted octanol–water partition coefficient (Wildman–Crippen LogP) is 2.19. The molecule has 2 rings (SSSR count). The number of benzene rings is 1. The Balaban J connectivity index is 1.98. The van der Waals surface area contributed by atoms with Gasteiger partial charge in [-0.15, -0.1) is 0 Å². The van der Waals surface area contributed by atoms with Crippen molar-refractivity contribution in [1.82, 2.24) is 5.32 Å². The number of nitrogens with one attached hydrogen (secondary N) is 1. The van der Waals surface area contributed by atoms with E-state index >= 15 is 0 Å². The van der Waals surface area contributed by atoms with Crippen LogP contribution in [0.25, 0.3) is 0 Å². The van der Waals surface area contributed by atoms with Gasteiger partial charge < -0.3 is 15.0 Å². The number of carbonyl (C=O) groups is 1. The standard InChI is InChI=1S/C15H22N2O2/c1-12(2)19-14-7-5-13(6-8-14)17-10-3-4-15(18)16-9-11-17/h5-8,12H,3-4,9-11H2,1-2H3,(H,16,18). The summed E-state index contributed by atoms with van der Waals surface area (Å²) in [5, 5.41) is 2.92. The molecule has 4 nitrogen and oxygen atoms in total. The molecule has 0 saturated carbocycles. The zero-order valence-corrected chi connectivity index (χ0v) is 11.7. The first-order valence-corrected chi connectivity index (χ1v) is 6.93. The number of ether oxygens (including phenoxy) is 1. The van der Waals surface area contributed by atoms with Crippen molar-refractivity contribution >= 4 is 11.6 Å². The van der Waals surface area contributed by atoms with Gasteiger partial charge in [-0.3, -0.25) is 4.79 Å². The molecule has 1 aliphatic rings. The van der Waals surface area contributed by atoms with E-state index in [1.807, 2.05) is 26.0 Å². The van der Waals surface area contributed by atoms with Crippen molar-refractivity contribution < 1.29 is 9.53 Å². The fourth-order valence-electron chi connectivity index (χ4n) is 2.23. The van der Waals surface area contributed by atoms with E-state index in [-0.39, 0.29) is 12.0 Å². The molecule has 0 radical (unpaired) electrons. The molecule has 0 atom stereocenters. The first-order valence-electron chi connectivity index (χ1n) is 6.93. The summed E-state index contributed by atoms with van der Waals surface area (Å²) in [7, 11) is 0. The number of hydrogen-bond acceptors (Lipinski definition) is 3. The van der Waals surface area contributed by atoms with Crippen molar-refractivity contribution in [3.05, 3.63) is 24.3 Å². The van der Waals surface area contributed by atoms with Gasteiger partial charge in [0.2, 0.25) is 5.91 Å². The molecule has 1 aliphatic heterocycles. The predicted molar refractivity (Wildman–Crippen MR) is 76.7 cm³/mol. The SMILES string of the molecule is CC(C)Oc1ccc(N2CCCC(=O)NCC2)cc1. The molecular weight excluding hydrogens is 240 g/mol. The number of nitrogens with zero attached hydrogens (tertiary/aromatic N) is 1. The van der Waals surface area contributed by atoms with Gasteiger partial charge in [0.05, 0.1) is 6.10 Å². The Labute approximate surface area is 114 Å². The first kappa shape index (κ1) is 13.7. The molecule has 1 aromatic carbocycles. The van der Waals surface area contributed by atoms with Crippen LogP contribution < -0.4 is 15.0 Å². The number of rotatable bonds is 3. The Bertz CT molecular complexity index is 403. The molecule has 0 aromatic heterocycles. The average molecular weight is 262 g/mol. The lowest BCUT2D eigenvalue weighted by molar-refractivity contribution is -0.121. The largest absolute Gasteiger partial charge is 0.491 e. The van der Waals surface area contributed by atoms with Crippen molar-refractivity contribution in [2.24, 2.45) is 0 Å². The van der Waals surface area contributed by atoms with Crippen LogP contribution in [0.15, 0.2) is 24.3 Å². The molecule has 4 heteroatoms. The first-order chi connectivity index (χ1) is 9.15. The Kier molecular flexibility index (Phi) is 4.66. The summed E-state index contributed by atoms with van der Waals surface area (Å²) in [6.45, 7) is 6.54. The molecule has 19 heavy (non-hydrogen) atoms. The molecule has 0 bridgehead atoms. The van der Waals surface area contributed by atoms with Gasteiger partial charge in [-0.05, 0) is 44.5 Å². The van der Waals surface area contributed by atoms with Crippen LogP contribution in [-0.2, 0) is 4.79 Å². The van der Waals surface area contributed by atoms with Crippen molar-refractivity contribution in [1.29, 1.82) is 0 Å². The van der Waals surface area contributed by atoms with Crippen molar-refractivity contribution in [2.45, 2.75) is 32.8 Å². The molecule has 1 fully saturated rings. The van der Waals surface area contributed by atoms with E-state index in [9.17, 15) is 4.79 Å². The topological polar surface area (TPSA) is 41.6 Å². The van der Waals surface area contributed by atoms with Gasteiger partial charge >= 0.3 is 0 Å². The highest BCUT2D eigenvalue weighted by molar-refractivity contribution is 5.76. The summed E-state index contributed by atoms with van der Waals surface area (Å²) >= 11 is 0. The molecule has 0 spiro atoms. The summed E-state index contributed by atoms with van der Waals surface area (Å²) in [6.07, 6.45) is 1.71. The summed E-state index contributed by atoms with van der Waals surface area (Å²) in [4.78, 5) is 13.6. The number of carbonyl (C=O) groups excluding carboxylic acids is 1. The van der Waals surface area contributed by atoms with Crippen LogP contribution in [-0.4, -0.2) is 31.6 Å². The summed E-state index contributed by atoms with van der Waals surface area (Å²) in [5.74, 6) is 1.07. The van der Waals surface area contributed by atoms with Crippen LogP contribution >= 0.6 is 0 Å². The van der Waals surface area contributed by atoms with E-state index in [0.29, 0.717) is 13.0 Å². The maximum absolute atomic E-state index is 11.3. The summed E-state index contributed by atoms with van der Waals surface area (Å²) < 4.78 is 5.64. The minimum atomic E-state index is 0.167. The zero-order valence-electron chi connectivity index (χ0n) is 11.7. The van der Waals surface area contributed by atoms with E-state index in [4.69, 9.17) is 4.74 Å². The van der Waals surface area contributed by atoms with Crippen molar-refractivity contribution in [3.63, 3.8) is 0 Å². The lowest BCUT2D eigenvalue weighted by Gasteiger charge is -2.27. The van der Waals surface area contributed by atoms with Crippen LogP contribution in [0.1, 0.15) is 26.7 Å². The van der Waals surface area contributed by atoms with E-state index in [0.717, 1.165) is 25.3 Å². The highest BCUT2D eigenvalue weighted by Crippen LogP contribution is 2.21. The molecule has 1 N–H and O–H groups in total. The highest BCUT2D eigenvalue weighted by Gasteiger charge is 2.12. The van der Waals surface area contributed by atoms with Crippen molar-refractivity contribution in [2.75, 3.05) is 24.5 Å². The van der Waals surface area contributed by atoms with Gasteiger partial charge in [0.15, 0.2) is 0 Å². The van der Waals surface area contributed by atoms with Crippen LogP contribution in [0.2, 0.25) is 0 Å². The fourth-order valence-corrected chi connectivity index (χ4v) is 2.23. The maximum Gasteiger partial charge on any atom is 0.220 e. The minimum absolute atomic E-state index is 0.167. The Morgan fingerprint density at radius 1 is 1.21 bits per heavy atom. The van der Waals surface area contributed by atoms with E-state index in [2.05, 4.69) is 22.3 Å². The smallest absolute Gasteiger partial charge is 0.220 e. The Morgan fingerprint density at radius 2 is 1.95 bits per heavy atom. The second-order valence-electron chi connectivity index (χ2n) is 5.10. The van der Waals surface area contributed by atoms with Gasteiger partial charge in [0.25, 0.3) is 0 Å². The third-order valence-electron chi connectivity index (χ3n) is 3.11. The van der Waals surface area contributed by atoms with Crippen LogP contribution in [0, 0.1) is 0 Å². The number of hydrogen-bond donors (Lipinski definition) is 1. The summed E-state index contributed by atoms with van der Waals surface area (Å²) in [5.41, 5.74) is 1.19. The van der Waals surface area contributed by atoms with Crippen LogP contribution in [0.4, 0.5) is 5.69 Å². The van der Waals surface area contributed by atoms with Gasteiger partial charge in [0.1, 0.15) is 5.75 Å². The minimum Gasteiger partial charge on any atom is -0.491 e. The molecule has 104 valence electrons. The normalized spacial score (nSPS) is 16.8. The molecular formula is C15H22N2O2. The molecule has 1 aromatic rings. The molecule has 1 amide bonds. The van der Waals surface area contributed by atoms with Gasteiger partial charge in [-0.2, -0.15) is 0 Å². The van der Waals surface area contributed by atoms with E-state index in [1.165, 1.54) is 5.69 Å². The van der Waals surface area contributed by atoms with E-state index in [1.54, 1.807) is 0 Å². The monoisotopic (exact) mass is 262 g/mol. The van der Waals surface area contributed by atoms with E-state index < -0.39 is 0 Å². The maximum atomic E-state index is 11.3. The van der Waals surface area contributed by atoms with Gasteiger partial charge in [-0.25, -0.2) is 0 Å². The van der Waals surface area contributed by atoms with Gasteiger partial charge in [0, 0.05) is 31.7 Å². The summed E-state index contributed by atoms with van der Waals surface area (Å²) in [6, 6.07) is 8.18. The second-order valence-corrected chi connectivity index (χ2v) is 5.10. The van der Waals surface area contributed by atoms with Crippen LogP contribution in [0.5, 0.6) is 5.75 Å². The molecule has 1 saturated heterocycles. The van der Waals surface area contributed by atoms with Crippen molar-refractivity contribution in [3.8, 4) is 5.75 Å². The third-order valence-corrected chi connectivity index (χ3v) is 3.11. The Morgan fingerprint density at radius 3 is 2.63 bits per heavy atom.